The summed E-state index contributed by atoms with van der Waals surface area (Å²) in [4.78, 5) is 29.4. The van der Waals surface area contributed by atoms with Crippen molar-refractivity contribution in [1.82, 2.24) is 15.2 Å². The van der Waals surface area contributed by atoms with Gasteiger partial charge in [0.1, 0.15) is 6.04 Å². The Morgan fingerprint density at radius 1 is 1.59 bits per heavy atom. The normalized spacial score (nSPS) is 19.9. The number of rotatable bonds is 4. The highest BCUT2D eigenvalue weighted by molar-refractivity contribution is 7.15. The van der Waals surface area contributed by atoms with Crippen LogP contribution >= 0.6 is 22.9 Å². The van der Waals surface area contributed by atoms with Crippen LogP contribution < -0.4 is 5.32 Å². The van der Waals surface area contributed by atoms with E-state index >= 15 is 0 Å². The second-order valence-electron chi connectivity index (χ2n) is 3.79. The van der Waals surface area contributed by atoms with Gasteiger partial charge >= 0.3 is 6.03 Å². The van der Waals surface area contributed by atoms with Crippen LogP contribution in [0.15, 0.2) is 6.20 Å². The number of imide groups is 1. The van der Waals surface area contributed by atoms with E-state index in [1.807, 2.05) is 6.92 Å². The summed E-state index contributed by atoms with van der Waals surface area (Å²) >= 11 is 6.97. The second-order valence-corrected chi connectivity index (χ2v) is 5.49. The van der Waals surface area contributed by atoms with Crippen LogP contribution in [0, 0.1) is 0 Å². The van der Waals surface area contributed by atoms with Crippen molar-refractivity contribution < 1.29 is 9.59 Å². The van der Waals surface area contributed by atoms with Crippen molar-refractivity contribution in [3.05, 3.63) is 15.5 Å². The predicted molar refractivity (Wildman–Crippen MR) is 64.9 cm³/mol. The van der Waals surface area contributed by atoms with E-state index in [-0.39, 0.29) is 24.5 Å². The first kappa shape index (κ1) is 12.3. The van der Waals surface area contributed by atoms with E-state index in [1.165, 1.54) is 16.2 Å². The summed E-state index contributed by atoms with van der Waals surface area (Å²) in [5.74, 6) is -0.165. The highest BCUT2D eigenvalue weighted by Gasteiger charge is 2.37. The number of hydrogen-bond acceptors (Lipinski definition) is 4. The number of amides is 3. The summed E-state index contributed by atoms with van der Waals surface area (Å²) in [6.45, 7) is 2.22. The molecule has 0 saturated carbocycles. The van der Waals surface area contributed by atoms with Gasteiger partial charge in [0.25, 0.3) is 5.91 Å². The number of halogens is 1. The molecule has 0 aromatic carbocycles. The van der Waals surface area contributed by atoms with Crippen LogP contribution in [-0.2, 0) is 11.3 Å². The fourth-order valence-electron chi connectivity index (χ4n) is 1.72. The van der Waals surface area contributed by atoms with Crippen LogP contribution in [-0.4, -0.2) is 27.9 Å². The van der Waals surface area contributed by atoms with Gasteiger partial charge in [-0.05, 0) is 6.42 Å². The van der Waals surface area contributed by atoms with Crippen molar-refractivity contribution in [1.29, 1.82) is 0 Å². The molecular formula is C10H12ClN3O2S. The minimum absolute atomic E-state index is 0.165. The molecule has 92 valence electrons. The molecule has 3 amide bonds. The second kappa shape index (κ2) is 5.01. The van der Waals surface area contributed by atoms with Crippen LogP contribution in [0.4, 0.5) is 4.79 Å². The average Bonchev–Trinajstić information content (AvgIpc) is 2.79. The quantitative estimate of drug-likeness (QED) is 0.854. The fourth-order valence-corrected chi connectivity index (χ4v) is 2.69. The van der Waals surface area contributed by atoms with Crippen molar-refractivity contribution >= 4 is 34.9 Å². The number of carbonyl (C=O) groups excluding carboxylic acids is 2. The molecule has 0 bridgehead atoms. The molecule has 0 radical (unpaired) electrons. The van der Waals surface area contributed by atoms with Crippen molar-refractivity contribution in [3.8, 4) is 0 Å². The van der Waals surface area contributed by atoms with Gasteiger partial charge < -0.3 is 5.32 Å². The molecule has 1 N–H and O–H groups in total. The van der Waals surface area contributed by atoms with E-state index in [0.29, 0.717) is 10.9 Å². The first-order valence-corrected chi connectivity index (χ1v) is 6.53. The molecule has 2 heterocycles. The standard InChI is InChI=1S/C10H12ClN3O2S/c1-2-3-7-8(15)14(10(16)13-7)5-6-4-12-9(11)17-6/h4,7H,2-3,5H2,1H3,(H,13,16). The van der Waals surface area contributed by atoms with Crippen molar-refractivity contribution in [2.45, 2.75) is 32.4 Å². The summed E-state index contributed by atoms with van der Waals surface area (Å²) in [5, 5.41) is 2.67. The van der Waals surface area contributed by atoms with E-state index in [1.54, 1.807) is 6.20 Å². The van der Waals surface area contributed by atoms with Gasteiger partial charge in [-0.1, -0.05) is 24.9 Å². The first-order chi connectivity index (χ1) is 8.11. The Bertz CT molecular complexity index is 449. The van der Waals surface area contributed by atoms with Crippen molar-refractivity contribution in [3.63, 3.8) is 0 Å². The predicted octanol–water partition coefficient (Wildman–Crippen LogP) is 2.02. The van der Waals surface area contributed by atoms with Crippen molar-refractivity contribution in [2.75, 3.05) is 0 Å². The molecule has 5 nitrogen and oxygen atoms in total. The first-order valence-electron chi connectivity index (χ1n) is 5.34. The number of aromatic nitrogens is 1. The lowest BCUT2D eigenvalue weighted by Crippen LogP contribution is -2.30. The third-order valence-electron chi connectivity index (χ3n) is 2.52. The summed E-state index contributed by atoms with van der Waals surface area (Å²) < 4.78 is 0.414. The van der Waals surface area contributed by atoms with Crippen LogP contribution in [0.3, 0.4) is 0 Å². The van der Waals surface area contributed by atoms with Gasteiger partial charge in [-0.15, -0.1) is 11.3 Å². The summed E-state index contributed by atoms with van der Waals surface area (Å²) in [7, 11) is 0. The molecule has 1 unspecified atom stereocenters. The Hall–Kier alpha value is -1.14. The maximum Gasteiger partial charge on any atom is 0.325 e. The van der Waals surface area contributed by atoms with E-state index in [0.717, 1.165) is 11.3 Å². The molecule has 7 heteroatoms. The molecule has 1 fully saturated rings. The van der Waals surface area contributed by atoms with Crippen LogP contribution in [0.1, 0.15) is 24.6 Å². The van der Waals surface area contributed by atoms with Crippen molar-refractivity contribution in [2.24, 2.45) is 0 Å². The lowest BCUT2D eigenvalue weighted by atomic mass is 10.2. The Balaban J connectivity index is 2.06. The monoisotopic (exact) mass is 273 g/mol. The third kappa shape index (κ3) is 2.58. The Morgan fingerprint density at radius 2 is 2.35 bits per heavy atom. The number of hydrogen-bond donors (Lipinski definition) is 1. The van der Waals surface area contributed by atoms with Gasteiger partial charge in [0, 0.05) is 11.1 Å². The number of thiazole rings is 1. The smallest absolute Gasteiger partial charge is 0.325 e. The molecular weight excluding hydrogens is 262 g/mol. The molecule has 1 saturated heterocycles. The van der Waals surface area contributed by atoms with Crippen LogP contribution in [0.5, 0.6) is 0 Å². The summed E-state index contributed by atoms with van der Waals surface area (Å²) in [6, 6.07) is -0.714. The van der Waals surface area contributed by atoms with Gasteiger partial charge in [0.2, 0.25) is 0 Å². The van der Waals surface area contributed by atoms with Gasteiger partial charge in [-0.2, -0.15) is 0 Å². The highest BCUT2D eigenvalue weighted by atomic mass is 35.5. The van der Waals surface area contributed by atoms with Gasteiger partial charge in [0.05, 0.1) is 6.54 Å². The van der Waals surface area contributed by atoms with E-state index in [2.05, 4.69) is 10.3 Å². The summed E-state index contributed by atoms with van der Waals surface area (Å²) in [5.41, 5.74) is 0. The molecule has 1 aliphatic heterocycles. The molecule has 1 atom stereocenters. The number of urea groups is 1. The highest BCUT2D eigenvalue weighted by Crippen LogP contribution is 2.21. The molecule has 0 aliphatic carbocycles. The van der Waals surface area contributed by atoms with Gasteiger partial charge in [-0.3, -0.25) is 9.69 Å². The van der Waals surface area contributed by atoms with Crippen LogP contribution in [0.25, 0.3) is 0 Å². The molecule has 1 aromatic heterocycles. The Morgan fingerprint density at radius 3 is 2.94 bits per heavy atom. The number of nitrogens with zero attached hydrogens (tertiary/aromatic N) is 2. The van der Waals surface area contributed by atoms with E-state index in [4.69, 9.17) is 11.6 Å². The lowest BCUT2D eigenvalue weighted by molar-refractivity contribution is -0.127. The number of nitrogens with one attached hydrogen (secondary N) is 1. The van der Waals surface area contributed by atoms with E-state index < -0.39 is 0 Å². The fraction of sp³-hybridized carbons (Fsp3) is 0.500. The topological polar surface area (TPSA) is 62.3 Å². The maximum absolute atomic E-state index is 11.9. The maximum atomic E-state index is 11.9. The van der Waals surface area contributed by atoms with Gasteiger partial charge in [0.15, 0.2) is 4.47 Å². The molecule has 2 rings (SSSR count). The van der Waals surface area contributed by atoms with Crippen LogP contribution in [0.2, 0.25) is 4.47 Å². The minimum atomic E-state index is -0.379. The largest absolute Gasteiger partial charge is 0.326 e. The summed E-state index contributed by atoms with van der Waals surface area (Å²) in [6.07, 6.45) is 3.11. The number of carbonyl (C=O) groups is 2. The van der Waals surface area contributed by atoms with E-state index in [9.17, 15) is 9.59 Å². The average molecular weight is 274 g/mol. The lowest BCUT2D eigenvalue weighted by Gasteiger charge is -2.10. The molecule has 17 heavy (non-hydrogen) atoms. The molecule has 1 aromatic rings. The van der Waals surface area contributed by atoms with Gasteiger partial charge in [-0.25, -0.2) is 9.78 Å². The molecule has 0 spiro atoms. The zero-order valence-corrected chi connectivity index (χ0v) is 10.8. The Labute approximate surface area is 108 Å². The SMILES string of the molecule is CCCC1NC(=O)N(Cc2cnc(Cl)s2)C1=O. The zero-order chi connectivity index (χ0) is 12.4. The zero-order valence-electron chi connectivity index (χ0n) is 9.27. The minimum Gasteiger partial charge on any atom is -0.326 e. The third-order valence-corrected chi connectivity index (χ3v) is 3.62. The Kier molecular flexibility index (Phi) is 3.63. The molecule has 1 aliphatic rings.